The van der Waals surface area contributed by atoms with Crippen LogP contribution in [0.25, 0.3) is 0 Å². The van der Waals surface area contributed by atoms with Gasteiger partial charge in [-0.2, -0.15) is 0 Å². The lowest BCUT2D eigenvalue weighted by Gasteiger charge is -2.40. The molecule has 2 N–H and O–H groups in total. The van der Waals surface area contributed by atoms with Crippen LogP contribution in [0.2, 0.25) is 0 Å². The van der Waals surface area contributed by atoms with Crippen molar-refractivity contribution in [3.8, 4) is 0 Å². The molecule has 0 unspecified atom stereocenters. The minimum Gasteiger partial charge on any atom is -0.378 e. The molecule has 5 nitrogen and oxygen atoms in total. The van der Waals surface area contributed by atoms with Crippen molar-refractivity contribution in [3.05, 3.63) is 34.6 Å². The number of hydrogen-bond acceptors (Lipinski definition) is 4. The highest BCUT2D eigenvalue weighted by Gasteiger charge is 2.30. The standard InChI is InChI=1S/C13H15FN2O3/c14-12-4-9(13(17)15-18)3-8-1-2-16(5-11(8)12)10-6-19-7-10/h3-4,10,18H,1-2,5-7H2,(H,15,17). The summed E-state index contributed by atoms with van der Waals surface area (Å²) in [7, 11) is 0. The lowest BCUT2D eigenvalue weighted by Crippen LogP contribution is -2.50. The Bertz CT molecular complexity index is 517. The van der Waals surface area contributed by atoms with Crippen molar-refractivity contribution in [3.63, 3.8) is 0 Å². The quantitative estimate of drug-likeness (QED) is 0.611. The number of carbonyl (C=O) groups is 1. The zero-order chi connectivity index (χ0) is 13.4. The molecule has 0 bridgehead atoms. The second-order valence-electron chi connectivity index (χ2n) is 4.95. The van der Waals surface area contributed by atoms with Gasteiger partial charge in [0.05, 0.1) is 19.3 Å². The molecule has 1 saturated heterocycles. The van der Waals surface area contributed by atoms with Crippen LogP contribution < -0.4 is 5.48 Å². The summed E-state index contributed by atoms with van der Waals surface area (Å²) in [6.45, 7) is 2.81. The van der Waals surface area contributed by atoms with Gasteiger partial charge in [-0.05, 0) is 24.1 Å². The number of benzene rings is 1. The smallest absolute Gasteiger partial charge is 0.274 e. The maximum atomic E-state index is 14.1. The molecule has 0 spiro atoms. The third kappa shape index (κ3) is 2.22. The Morgan fingerprint density at radius 2 is 2.26 bits per heavy atom. The normalized spacial score (nSPS) is 19.7. The first-order chi connectivity index (χ1) is 9.19. The molecule has 2 heterocycles. The zero-order valence-electron chi connectivity index (χ0n) is 10.4. The van der Waals surface area contributed by atoms with Crippen molar-refractivity contribution >= 4 is 5.91 Å². The average molecular weight is 266 g/mol. The van der Waals surface area contributed by atoms with E-state index in [0.29, 0.717) is 37.8 Å². The maximum Gasteiger partial charge on any atom is 0.274 e. The predicted octanol–water partition coefficient (Wildman–Crippen LogP) is 0.702. The van der Waals surface area contributed by atoms with Gasteiger partial charge in [0.2, 0.25) is 0 Å². The molecule has 19 heavy (non-hydrogen) atoms. The van der Waals surface area contributed by atoms with Crippen molar-refractivity contribution in [2.45, 2.75) is 19.0 Å². The van der Waals surface area contributed by atoms with E-state index in [9.17, 15) is 9.18 Å². The summed E-state index contributed by atoms with van der Waals surface area (Å²) in [5.41, 5.74) is 3.17. The lowest BCUT2D eigenvalue weighted by atomic mass is 9.95. The molecular formula is C13H15FN2O3. The number of hydroxylamine groups is 1. The van der Waals surface area contributed by atoms with Gasteiger partial charge in [-0.1, -0.05) is 0 Å². The number of halogens is 1. The molecule has 2 aliphatic heterocycles. The molecule has 3 rings (SSSR count). The molecule has 0 radical (unpaired) electrons. The second kappa shape index (κ2) is 4.88. The molecule has 0 saturated carbocycles. The van der Waals surface area contributed by atoms with Gasteiger partial charge in [0.1, 0.15) is 5.82 Å². The highest BCUT2D eigenvalue weighted by molar-refractivity contribution is 5.93. The van der Waals surface area contributed by atoms with Gasteiger partial charge >= 0.3 is 0 Å². The van der Waals surface area contributed by atoms with E-state index in [0.717, 1.165) is 12.1 Å². The number of ether oxygens (including phenoxy) is 1. The van der Waals surface area contributed by atoms with Gasteiger partial charge < -0.3 is 4.74 Å². The first-order valence-corrected chi connectivity index (χ1v) is 6.26. The van der Waals surface area contributed by atoms with Gasteiger partial charge in [-0.25, -0.2) is 9.87 Å². The summed E-state index contributed by atoms with van der Waals surface area (Å²) in [5, 5.41) is 8.59. The SMILES string of the molecule is O=C(NO)c1cc(F)c2c(c1)CCN(C1COC1)C2. The van der Waals surface area contributed by atoms with Crippen molar-refractivity contribution in [1.29, 1.82) is 0 Å². The molecule has 1 amide bonds. The van der Waals surface area contributed by atoms with Crippen LogP contribution in [0.5, 0.6) is 0 Å². The number of carbonyl (C=O) groups excluding carboxylic acids is 1. The van der Waals surface area contributed by atoms with E-state index in [-0.39, 0.29) is 11.4 Å². The van der Waals surface area contributed by atoms with Crippen LogP contribution in [0.3, 0.4) is 0 Å². The minimum atomic E-state index is -0.684. The number of rotatable bonds is 2. The Labute approximate surface area is 109 Å². The van der Waals surface area contributed by atoms with Crippen molar-refractivity contribution < 1.29 is 19.1 Å². The fraction of sp³-hybridized carbons (Fsp3) is 0.462. The van der Waals surface area contributed by atoms with Gasteiger partial charge in [0.25, 0.3) is 5.91 Å². The first kappa shape index (κ1) is 12.5. The van der Waals surface area contributed by atoms with Crippen molar-refractivity contribution in [1.82, 2.24) is 10.4 Å². The molecule has 2 aliphatic rings. The Balaban J connectivity index is 1.86. The maximum absolute atomic E-state index is 14.1. The average Bonchev–Trinajstić information content (AvgIpc) is 2.36. The van der Waals surface area contributed by atoms with Crippen LogP contribution >= 0.6 is 0 Å². The van der Waals surface area contributed by atoms with Crippen molar-refractivity contribution in [2.24, 2.45) is 0 Å². The van der Waals surface area contributed by atoms with Gasteiger partial charge in [0.15, 0.2) is 0 Å². The molecule has 0 atom stereocenters. The van der Waals surface area contributed by atoms with E-state index in [1.54, 1.807) is 6.07 Å². The van der Waals surface area contributed by atoms with E-state index in [1.165, 1.54) is 11.5 Å². The van der Waals surface area contributed by atoms with E-state index < -0.39 is 5.91 Å². The van der Waals surface area contributed by atoms with Crippen LogP contribution in [-0.2, 0) is 17.7 Å². The highest BCUT2D eigenvalue weighted by atomic mass is 19.1. The number of hydrogen-bond donors (Lipinski definition) is 2. The summed E-state index contributed by atoms with van der Waals surface area (Å²) >= 11 is 0. The summed E-state index contributed by atoms with van der Waals surface area (Å²) in [5.74, 6) is -1.07. The molecule has 6 heteroatoms. The Morgan fingerprint density at radius 3 is 2.89 bits per heavy atom. The predicted molar refractivity (Wildman–Crippen MR) is 64.4 cm³/mol. The Morgan fingerprint density at radius 1 is 1.47 bits per heavy atom. The van der Waals surface area contributed by atoms with Gasteiger partial charge in [-0.3, -0.25) is 14.9 Å². The Hall–Kier alpha value is -1.50. The molecular weight excluding hydrogens is 251 g/mol. The largest absolute Gasteiger partial charge is 0.378 e. The number of amides is 1. The topological polar surface area (TPSA) is 61.8 Å². The molecule has 1 aromatic carbocycles. The highest BCUT2D eigenvalue weighted by Crippen LogP contribution is 2.26. The fourth-order valence-corrected chi connectivity index (χ4v) is 2.58. The lowest BCUT2D eigenvalue weighted by molar-refractivity contribution is -0.0698. The second-order valence-corrected chi connectivity index (χ2v) is 4.95. The third-order valence-electron chi connectivity index (χ3n) is 3.82. The zero-order valence-corrected chi connectivity index (χ0v) is 10.4. The minimum absolute atomic E-state index is 0.152. The molecule has 102 valence electrons. The van der Waals surface area contributed by atoms with Crippen LogP contribution in [0.15, 0.2) is 12.1 Å². The van der Waals surface area contributed by atoms with Crippen LogP contribution in [0.1, 0.15) is 21.5 Å². The van der Waals surface area contributed by atoms with Gasteiger partial charge in [0, 0.05) is 24.2 Å². The Kier molecular flexibility index (Phi) is 3.22. The summed E-state index contributed by atoms with van der Waals surface area (Å²) in [6, 6.07) is 3.21. The molecule has 1 aromatic rings. The summed E-state index contributed by atoms with van der Waals surface area (Å²) in [4.78, 5) is 13.5. The number of fused-ring (bicyclic) bond motifs is 1. The fourth-order valence-electron chi connectivity index (χ4n) is 2.58. The van der Waals surface area contributed by atoms with Gasteiger partial charge in [-0.15, -0.1) is 0 Å². The third-order valence-corrected chi connectivity index (χ3v) is 3.82. The summed E-state index contributed by atoms with van der Waals surface area (Å²) in [6.07, 6.45) is 0.704. The molecule has 1 fully saturated rings. The molecule has 0 aliphatic carbocycles. The van der Waals surface area contributed by atoms with E-state index >= 15 is 0 Å². The monoisotopic (exact) mass is 266 g/mol. The van der Waals surface area contributed by atoms with E-state index in [1.807, 2.05) is 0 Å². The van der Waals surface area contributed by atoms with E-state index in [4.69, 9.17) is 9.94 Å². The van der Waals surface area contributed by atoms with Crippen LogP contribution in [-0.4, -0.2) is 41.8 Å². The van der Waals surface area contributed by atoms with Crippen LogP contribution in [0.4, 0.5) is 4.39 Å². The number of nitrogens with one attached hydrogen (secondary N) is 1. The molecule has 0 aromatic heterocycles. The number of nitrogens with zero attached hydrogens (tertiary/aromatic N) is 1. The first-order valence-electron chi connectivity index (χ1n) is 6.26. The van der Waals surface area contributed by atoms with E-state index in [2.05, 4.69) is 4.90 Å². The van der Waals surface area contributed by atoms with Crippen molar-refractivity contribution in [2.75, 3.05) is 19.8 Å². The summed E-state index contributed by atoms with van der Waals surface area (Å²) < 4.78 is 19.2. The van der Waals surface area contributed by atoms with Crippen LogP contribution in [0, 0.1) is 5.82 Å².